The normalized spacial score (nSPS) is 10.6. The molecule has 2 heteroatoms. The predicted octanol–water partition coefficient (Wildman–Crippen LogP) is 6.08. The smallest absolute Gasteiger partial charge is 0.129 e. The molecule has 2 nitrogen and oxygen atoms in total. The molecular formula is C23H31NO. The van der Waals surface area contributed by atoms with Crippen molar-refractivity contribution < 1.29 is 4.74 Å². The summed E-state index contributed by atoms with van der Waals surface area (Å²) in [6.07, 6.45) is 2.28. The first kappa shape index (κ1) is 19.1. The minimum atomic E-state index is 0.652. The van der Waals surface area contributed by atoms with Crippen LogP contribution in [0.25, 0.3) is 5.57 Å². The monoisotopic (exact) mass is 337 g/mol. The summed E-state index contributed by atoms with van der Waals surface area (Å²) in [6.45, 7) is 15.7. The summed E-state index contributed by atoms with van der Waals surface area (Å²) in [5.74, 6) is 0.919. The fourth-order valence-corrected chi connectivity index (χ4v) is 3.05. The number of aryl methyl sites for hydroxylation is 1. The molecule has 2 aromatic rings. The highest BCUT2D eigenvalue weighted by Gasteiger charge is 2.13. The zero-order chi connectivity index (χ0) is 18.2. The lowest BCUT2D eigenvalue weighted by Gasteiger charge is -2.25. The van der Waals surface area contributed by atoms with Gasteiger partial charge in [-0.05, 0) is 50.0 Å². The summed E-state index contributed by atoms with van der Waals surface area (Å²) in [5, 5.41) is 0. The quantitative estimate of drug-likeness (QED) is 0.549. The van der Waals surface area contributed by atoms with Crippen LogP contribution in [0, 0.1) is 6.92 Å². The molecule has 0 saturated carbocycles. The van der Waals surface area contributed by atoms with Crippen molar-refractivity contribution in [3.63, 3.8) is 0 Å². The van der Waals surface area contributed by atoms with Crippen LogP contribution in [-0.2, 0) is 0 Å². The van der Waals surface area contributed by atoms with Crippen molar-refractivity contribution in [3.8, 4) is 5.75 Å². The van der Waals surface area contributed by atoms with Gasteiger partial charge in [-0.1, -0.05) is 50.3 Å². The highest BCUT2D eigenvalue weighted by atomic mass is 16.5. The number of rotatable bonds is 9. The van der Waals surface area contributed by atoms with Gasteiger partial charge >= 0.3 is 0 Å². The van der Waals surface area contributed by atoms with Crippen molar-refractivity contribution in [3.05, 3.63) is 65.7 Å². The Morgan fingerprint density at radius 2 is 1.60 bits per heavy atom. The maximum absolute atomic E-state index is 5.96. The van der Waals surface area contributed by atoms with E-state index in [9.17, 15) is 0 Å². The van der Waals surface area contributed by atoms with E-state index in [1.165, 1.54) is 11.3 Å². The largest absolute Gasteiger partial charge is 0.493 e. The molecule has 0 aromatic heterocycles. The molecule has 0 radical (unpaired) electrons. The van der Waals surface area contributed by atoms with Gasteiger partial charge in [-0.25, -0.2) is 0 Å². The van der Waals surface area contributed by atoms with Gasteiger partial charge in [-0.15, -0.1) is 0 Å². The molecule has 0 bridgehead atoms. The fourth-order valence-electron chi connectivity index (χ4n) is 3.05. The second-order valence-electron chi connectivity index (χ2n) is 6.45. The van der Waals surface area contributed by atoms with E-state index in [1.54, 1.807) is 0 Å². The molecule has 2 aromatic carbocycles. The standard InChI is InChI=1S/C23H31NO/c1-6-15-24(16-7-2)21-13-14-22(23(17-21)25-8-3)19(5)20-11-9-18(4)10-12-20/h9-14,17H,5-8,15-16H2,1-4H3. The average Bonchev–Trinajstić information content (AvgIpc) is 2.62. The first-order valence-electron chi connectivity index (χ1n) is 9.38. The highest BCUT2D eigenvalue weighted by Crippen LogP contribution is 2.33. The van der Waals surface area contributed by atoms with Crippen LogP contribution in [0.15, 0.2) is 49.0 Å². The van der Waals surface area contributed by atoms with Crippen molar-refractivity contribution in [2.45, 2.75) is 40.5 Å². The van der Waals surface area contributed by atoms with Crippen molar-refractivity contribution in [2.75, 3.05) is 24.6 Å². The van der Waals surface area contributed by atoms with Crippen LogP contribution in [0.3, 0.4) is 0 Å². The van der Waals surface area contributed by atoms with E-state index in [1.807, 2.05) is 6.92 Å². The van der Waals surface area contributed by atoms with Gasteiger partial charge < -0.3 is 9.64 Å². The summed E-state index contributed by atoms with van der Waals surface area (Å²) in [6, 6.07) is 15.0. The van der Waals surface area contributed by atoms with Crippen molar-refractivity contribution >= 4 is 11.3 Å². The molecule has 0 atom stereocenters. The van der Waals surface area contributed by atoms with Gasteiger partial charge in [0.25, 0.3) is 0 Å². The van der Waals surface area contributed by atoms with Crippen LogP contribution in [0.5, 0.6) is 5.75 Å². The average molecular weight is 338 g/mol. The van der Waals surface area contributed by atoms with Gasteiger partial charge in [0.15, 0.2) is 0 Å². The van der Waals surface area contributed by atoms with Gasteiger partial charge in [0.1, 0.15) is 5.75 Å². The van der Waals surface area contributed by atoms with Crippen LogP contribution in [0.4, 0.5) is 5.69 Å². The molecule has 25 heavy (non-hydrogen) atoms. The molecule has 0 unspecified atom stereocenters. The zero-order valence-corrected chi connectivity index (χ0v) is 16.1. The molecule has 0 N–H and O–H groups in total. The second-order valence-corrected chi connectivity index (χ2v) is 6.45. The number of hydrogen-bond acceptors (Lipinski definition) is 2. The minimum absolute atomic E-state index is 0.652. The maximum Gasteiger partial charge on any atom is 0.129 e. The SMILES string of the molecule is C=C(c1ccc(C)cc1)c1ccc(N(CCC)CCC)cc1OCC. The van der Waals surface area contributed by atoms with Gasteiger partial charge in [0, 0.05) is 30.4 Å². The summed E-state index contributed by atoms with van der Waals surface area (Å²) in [5.41, 5.74) is 5.70. The van der Waals surface area contributed by atoms with E-state index < -0.39 is 0 Å². The Kier molecular flexibility index (Phi) is 7.12. The van der Waals surface area contributed by atoms with Gasteiger partial charge in [-0.3, -0.25) is 0 Å². The Hall–Kier alpha value is -2.22. The third-order valence-electron chi connectivity index (χ3n) is 4.34. The zero-order valence-electron chi connectivity index (χ0n) is 16.1. The molecule has 0 saturated heterocycles. The lowest BCUT2D eigenvalue weighted by Crippen LogP contribution is -2.24. The van der Waals surface area contributed by atoms with E-state index in [-0.39, 0.29) is 0 Å². The Bertz CT molecular complexity index is 682. The van der Waals surface area contributed by atoms with E-state index in [4.69, 9.17) is 4.74 Å². The van der Waals surface area contributed by atoms with E-state index in [0.717, 1.165) is 48.4 Å². The van der Waals surface area contributed by atoms with E-state index in [0.29, 0.717) is 6.61 Å². The molecule has 0 fully saturated rings. The van der Waals surface area contributed by atoms with E-state index >= 15 is 0 Å². The Labute approximate surface area is 153 Å². The number of hydrogen-bond donors (Lipinski definition) is 0. The third kappa shape index (κ3) is 4.88. The molecule has 2 rings (SSSR count). The maximum atomic E-state index is 5.96. The summed E-state index contributed by atoms with van der Waals surface area (Å²) >= 11 is 0. The molecule has 0 amide bonds. The van der Waals surface area contributed by atoms with Gasteiger partial charge in [0.2, 0.25) is 0 Å². The Morgan fingerprint density at radius 3 is 2.16 bits per heavy atom. The molecule has 0 aliphatic carbocycles. The van der Waals surface area contributed by atoms with Crippen LogP contribution >= 0.6 is 0 Å². The lowest BCUT2D eigenvalue weighted by atomic mass is 9.97. The number of benzene rings is 2. The van der Waals surface area contributed by atoms with Crippen LogP contribution in [0.1, 0.15) is 50.3 Å². The van der Waals surface area contributed by atoms with E-state index in [2.05, 4.69) is 74.7 Å². The predicted molar refractivity (Wildman–Crippen MR) is 110 cm³/mol. The number of anilines is 1. The second kappa shape index (κ2) is 9.31. The Balaban J connectivity index is 2.37. The lowest BCUT2D eigenvalue weighted by molar-refractivity contribution is 0.339. The van der Waals surface area contributed by atoms with Crippen molar-refractivity contribution in [1.29, 1.82) is 0 Å². The van der Waals surface area contributed by atoms with Crippen LogP contribution < -0.4 is 9.64 Å². The molecule has 0 aliphatic rings. The molecule has 134 valence electrons. The van der Waals surface area contributed by atoms with Gasteiger partial charge in [-0.2, -0.15) is 0 Å². The molecule has 0 aliphatic heterocycles. The van der Waals surface area contributed by atoms with Crippen molar-refractivity contribution in [2.24, 2.45) is 0 Å². The molecular weight excluding hydrogens is 306 g/mol. The van der Waals surface area contributed by atoms with Crippen LogP contribution in [-0.4, -0.2) is 19.7 Å². The minimum Gasteiger partial charge on any atom is -0.493 e. The number of ether oxygens (including phenoxy) is 1. The summed E-state index contributed by atoms with van der Waals surface area (Å²) in [4.78, 5) is 2.43. The highest BCUT2D eigenvalue weighted by molar-refractivity contribution is 5.82. The van der Waals surface area contributed by atoms with Crippen LogP contribution in [0.2, 0.25) is 0 Å². The van der Waals surface area contributed by atoms with Crippen molar-refractivity contribution in [1.82, 2.24) is 0 Å². The third-order valence-corrected chi connectivity index (χ3v) is 4.34. The molecule has 0 spiro atoms. The summed E-state index contributed by atoms with van der Waals surface area (Å²) in [7, 11) is 0. The summed E-state index contributed by atoms with van der Waals surface area (Å²) < 4.78 is 5.96. The Morgan fingerprint density at radius 1 is 0.960 bits per heavy atom. The number of nitrogens with zero attached hydrogens (tertiary/aromatic N) is 1. The fraction of sp³-hybridized carbons (Fsp3) is 0.391. The van der Waals surface area contributed by atoms with Gasteiger partial charge in [0.05, 0.1) is 6.61 Å². The molecule has 0 heterocycles. The first-order valence-corrected chi connectivity index (χ1v) is 9.38. The first-order chi connectivity index (χ1) is 12.1. The topological polar surface area (TPSA) is 12.5 Å².